The van der Waals surface area contributed by atoms with Crippen LogP contribution in [0.2, 0.25) is 0 Å². The molecule has 1 aromatic heterocycles. The lowest BCUT2D eigenvalue weighted by molar-refractivity contribution is -0.287. The van der Waals surface area contributed by atoms with Gasteiger partial charge in [0.05, 0.1) is 12.7 Å². The quantitative estimate of drug-likeness (QED) is 0.0806. The van der Waals surface area contributed by atoms with E-state index in [1.165, 1.54) is 13.8 Å². The summed E-state index contributed by atoms with van der Waals surface area (Å²) in [5.41, 5.74) is 3.64. The Bertz CT molecular complexity index is 2720. The van der Waals surface area contributed by atoms with Gasteiger partial charge in [0.25, 0.3) is 0 Å². The number of carbonyl (C=O) groups excluding carboxylic acids is 2. The first-order chi connectivity index (χ1) is 31.7. The van der Waals surface area contributed by atoms with E-state index >= 15 is 4.79 Å². The van der Waals surface area contributed by atoms with Crippen molar-refractivity contribution in [2.75, 3.05) is 0 Å². The van der Waals surface area contributed by atoms with Crippen LogP contribution < -0.4 is 24.4 Å². The molecule has 5 atom stereocenters. The van der Waals surface area contributed by atoms with Crippen molar-refractivity contribution in [1.29, 1.82) is 0 Å². The predicted octanol–water partition coefficient (Wildman–Crippen LogP) is 9.77. The average molecular weight is 877 g/mol. The maximum atomic E-state index is 15.3. The van der Waals surface area contributed by atoms with Crippen molar-refractivity contribution in [3.63, 3.8) is 0 Å². The Labute approximate surface area is 376 Å². The molecule has 7 aromatic rings. The Hall–Kier alpha value is -7.41. The molecule has 12 heteroatoms. The van der Waals surface area contributed by atoms with E-state index in [4.69, 9.17) is 42.3 Å². The van der Waals surface area contributed by atoms with Crippen LogP contribution in [0.1, 0.15) is 43.0 Å². The number of carbonyl (C=O) groups is 2. The highest BCUT2D eigenvalue weighted by Gasteiger charge is 2.51. The highest BCUT2D eigenvalue weighted by Crippen LogP contribution is 2.40. The van der Waals surface area contributed by atoms with Gasteiger partial charge in [0, 0.05) is 31.5 Å². The summed E-state index contributed by atoms with van der Waals surface area (Å²) >= 11 is 0. The first-order valence-corrected chi connectivity index (χ1v) is 21.3. The van der Waals surface area contributed by atoms with Gasteiger partial charge in [-0.15, -0.1) is 0 Å². The molecule has 0 unspecified atom stereocenters. The Morgan fingerprint density at radius 2 is 1.05 bits per heavy atom. The van der Waals surface area contributed by atoms with E-state index in [-0.39, 0.29) is 48.0 Å². The monoisotopic (exact) mass is 876 g/mol. The third kappa shape index (κ3) is 11.2. The van der Waals surface area contributed by atoms with Crippen molar-refractivity contribution in [3.8, 4) is 34.3 Å². The second-order valence-corrected chi connectivity index (χ2v) is 15.5. The number of esters is 2. The van der Waals surface area contributed by atoms with Crippen molar-refractivity contribution in [2.45, 2.75) is 77.9 Å². The molecule has 0 radical (unpaired) electrons. The van der Waals surface area contributed by atoms with E-state index < -0.39 is 48.1 Å². The van der Waals surface area contributed by atoms with Gasteiger partial charge in [0.1, 0.15) is 48.0 Å². The molecule has 0 N–H and O–H groups in total. The molecular formula is C53H48O12. The summed E-state index contributed by atoms with van der Waals surface area (Å²) in [5.74, 6) is -0.294. The van der Waals surface area contributed by atoms with Crippen LogP contribution >= 0.6 is 0 Å². The normalized spacial score (nSPS) is 18.0. The second-order valence-electron chi connectivity index (χ2n) is 15.5. The van der Waals surface area contributed by atoms with Gasteiger partial charge < -0.3 is 42.3 Å². The van der Waals surface area contributed by atoms with E-state index in [1.54, 1.807) is 43.3 Å². The molecule has 0 amide bonds. The number of benzene rings is 6. The van der Waals surface area contributed by atoms with Gasteiger partial charge in [-0.2, -0.15) is 0 Å². The minimum atomic E-state index is -1.40. The molecule has 332 valence electrons. The summed E-state index contributed by atoms with van der Waals surface area (Å²) < 4.78 is 56.6. The molecule has 1 aliphatic heterocycles. The predicted molar refractivity (Wildman–Crippen MR) is 241 cm³/mol. The average Bonchev–Trinajstić information content (AvgIpc) is 3.32. The van der Waals surface area contributed by atoms with Gasteiger partial charge in [-0.25, -0.2) is 0 Å². The topological polar surface area (TPSA) is 138 Å². The summed E-state index contributed by atoms with van der Waals surface area (Å²) in [7, 11) is 0. The molecule has 65 heavy (non-hydrogen) atoms. The van der Waals surface area contributed by atoms with Crippen LogP contribution in [-0.4, -0.2) is 42.6 Å². The Balaban J connectivity index is 1.24. The van der Waals surface area contributed by atoms with Gasteiger partial charge in [-0.05, 0) is 53.4 Å². The molecule has 1 aliphatic rings. The molecular weight excluding hydrogens is 829 g/mol. The summed E-state index contributed by atoms with van der Waals surface area (Å²) in [6, 6.07) is 48.7. The molecule has 0 saturated carbocycles. The summed E-state index contributed by atoms with van der Waals surface area (Å²) in [5, 5.41) is 0.0782. The van der Waals surface area contributed by atoms with Gasteiger partial charge in [0.15, 0.2) is 24.1 Å². The standard InChI is InChI=1S/C53H48O12/c1-34-48(62-35(2)54)51(63-36(3)55)52(60-33-40-22-14-7-15-23-40)53(61-34)65-50-47(56)46-44(59-32-39-20-12-6-13-21-39)28-43(58-31-38-18-10-5-11-19-38)29-45(46)64-49(50)41-24-26-42(27-25-41)57-30-37-16-8-4-9-17-37/h4-29,34,48,51-53H,30-33H2,1-3H3/t34-,48-,51+,52+,53-/m1/s1. The molecule has 1 fully saturated rings. The van der Waals surface area contributed by atoms with Crippen molar-refractivity contribution < 1.29 is 51.9 Å². The Kier molecular flexibility index (Phi) is 14.2. The van der Waals surface area contributed by atoms with Gasteiger partial charge in [0.2, 0.25) is 17.5 Å². The Morgan fingerprint density at radius 3 is 1.58 bits per heavy atom. The van der Waals surface area contributed by atoms with Crippen LogP contribution in [0.3, 0.4) is 0 Å². The van der Waals surface area contributed by atoms with Crippen molar-refractivity contribution in [3.05, 3.63) is 190 Å². The zero-order chi connectivity index (χ0) is 45.1. The Morgan fingerprint density at radius 1 is 0.554 bits per heavy atom. The van der Waals surface area contributed by atoms with Crippen molar-refractivity contribution in [2.24, 2.45) is 0 Å². The maximum Gasteiger partial charge on any atom is 0.303 e. The van der Waals surface area contributed by atoms with Gasteiger partial charge in [-0.1, -0.05) is 121 Å². The first kappa shape index (κ1) is 44.2. The smallest absolute Gasteiger partial charge is 0.303 e. The second kappa shape index (κ2) is 20.8. The lowest BCUT2D eigenvalue weighted by Gasteiger charge is -2.43. The third-order valence-electron chi connectivity index (χ3n) is 10.6. The number of fused-ring (bicyclic) bond motifs is 1. The van der Waals surface area contributed by atoms with Crippen molar-refractivity contribution in [1.82, 2.24) is 0 Å². The lowest BCUT2D eigenvalue weighted by atomic mass is 9.98. The van der Waals surface area contributed by atoms with E-state index in [0.717, 1.165) is 22.3 Å². The van der Waals surface area contributed by atoms with Crippen LogP contribution in [-0.2, 0) is 55.0 Å². The molecule has 0 aliphatic carbocycles. The lowest BCUT2D eigenvalue weighted by Crippen LogP contribution is -2.61. The first-order valence-electron chi connectivity index (χ1n) is 21.3. The summed E-state index contributed by atoms with van der Waals surface area (Å²) in [4.78, 5) is 40.4. The number of hydrogen-bond acceptors (Lipinski definition) is 12. The zero-order valence-corrected chi connectivity index (χ0v) is 36.1. The minimum Gasteiger partial charge on any atom is -0.489 e. The molecule has 0 bridgehead atoms. The fraction of sp³-hybridized carbons (Fsp3) is 0.226. The SMILES string of the molecule is CC(=O)O[C@@H]1[C@H](OCc2ccccc2)[C@@H](Oc2c(-c3ccc(OCc4ccccc4)cc3)oc3cc(OCc4ccccc4)cc(OCc4ccccc4)c3c2=O)O[C@H](C)[C@H]1OC(C)=O. The fourth-order valence-corrected chi connectivity index (χ4v) is 7.46. The maximum absolute atomic E-state index is 15.3. The largest absolute Gasteiger partial charge is 0.489 e. The van der Waals surface area contributed by atoms with Crippen LogP contribution in [0.25, 0.3) is 22.3 Å². The van der Waals surface area contributed by atoms with Crippen LogP contribution in [0.15, 0.2) is 167 Å². The fourth-order valence-electron chi connectivity index (χ4n) is 7.46. The zero-order valence-electron chi connectivity index (χ0n) is 36.1. The van der Waals surface area contributed by atoms with E-state index in [2.05, 4.69) is 0 Å². The molecule has 1 saturated heterocycles. The molecule has 0 spiro atoms. The minimum absolute atomic E-state index is 0.0283. The molecule has 2 heterocycles. The number of hydrogen-bond donors (Lipinski definition) is 0. The van der Waals surface area contributed by atoms with Crippen molar-refractivity contribution >= 4 is 22.9 Å². The highest BCUT2D eigenvalue weighted by molar-refractivity contribution is 5.88. The van der Waals surface area contributed by atoms with E-state index in [1.807, 2.05) is 121 Å². The highest BCUT2D eigenvalue weighted by atomic mass is 16.7. The van der Waals surface area contributed by atoms with E-state index in [0.29, 0.717) is 23.7 Å². The van der Waals surface area contributed by atoms with Crippen LogP contribution in [0.4, 0.5) is 0 Å². The van der Waals surface area contributed by atoms with Crippen LogP contribution in [0.5, 0.6) is 23.0 Å². The molecule has 6 aromatic carbocycles. The summed E-state index contributed by atoms with van der Waals surface area (Å²) in [6.45, 7) is 4.88. The van der Waals surface area contributed by atoms with Gasteiger partial charge in [-0.3, -0.25) is 14.4 Å². The molecule has 12 nitrogen and oxygen atoms in total. The van der Waals surface area contributed by atoms with Crippen LogP contribution in [0, 0.1) is 0 Å². The number of ether oxygens (including phenoxy) is 8. The molecule has 8 rings (SSSR count). The van der Waals surface area contributed by atoms with E-state index in [9.17, 15) is 9.59 Å². The van der Waals surface area contributed by atoms with Gasteiger partial charge >= 0.3 is 11.9 Å². The third-order valence-corrected chi connectivity index (χ3v) is 10.6. The number of rotatable bonds is 17. The summed E-state index contributed by atoms with van der Waals surface area (Å²) in [6.07, 6.45) is -5.81.